The molecular weight excluding hydrogens is 478 g/mol. The van der Waals surface area contributed by atoms with Gasteiger partial charge in [0.05, 0.1) is 27.7 Å². The third-order valence-electron chi connectivity index (χ3n) is 3.94. The Morgan fingerprint density at radius 2 is 2.00 bits per heavy atom. The molecule has 0 saturated heterocycles. The van der Waals surface area contributed by atoms with Gasteiger partial charge in [-0.15, -0.1) is 0 Å². The summed E-state index contributed by atoms with van der Waals surface area (Å²) in [6.45, 7) is 0.952. The van der Waals surface area contributed by atoms with Gasteiger partial charge in [-0.2, -0.15) is 26.7 Å². The van der Waals surface area contributed by atoms with Gasteiger partial charge in [0.1, 0.15) is 11.5 Å². The molecule has 0 spiro atoms. The van der Waals surface area contributed by atoms with Crippen LogP contribution in [0, 0.1) is 15.9 Å². The molecule has 0 amide bonds. The van der Waals surface area contributed by atoms with Crippen LogP contribution in [0.5, 0.6) is 5.75 Å². The Balaban J connectivity index is 2.57. The van der Waals surface area contributed by atoms with Crippen LogP contribution < -0.4 is 4.74 Å². The zero-order valence-corrected chi connectivity index (χ0v) is 17.0. The van der Waals surface area contributed by atoms with Gasteiger partial charge >= 0.3 is 17.8 Å². The number of aromatic nitrogens is 2. The zero-order chi connectivity index (χ0) is 23.9. The highest BCUT2D eigenvalue weighted by Gasteiger charge is 2.39. The van der Waals surface area contributed by atoms with Crippen molar-refractivity contribution >= 4 is 33.4 Å². The van der Waals surface area contributed by atoms with Gasteiger partial charge in [0.25, 0.3) is 10.1 Å². The Morgan fingerprint density at radius 3 is 2.45 bits per heavy atom. The van der Waals surface area contributed by atoms with Crippen molar-refractivity contribution in [2.24, 2.45) is 7.05 Å². The van der Waals surface area contributed by atoms with E-state index in [2.05, 4.69) is 5.10 Å². The maximum atomic E-state index is 14.5. The summed E-state index contributed by atoms with van der Waals surface area (Å²) < 4.78 is 89.7. The number of carbonyl (C=O) groups excluding carboxylic acids is 1. The monoisotopic (exact) mass is 489 g/mol. The average Bonchev–Trinajstić information content (AvgIpc) is 2.89. The summed E-state index contributed by atoms with van der Waals surface area (Å²) in [6.07, 6.45) is -5.87. The topological polar surface area (TPSA) is 142 Å². The molecule has 0 aliphatic rings. The SMILES string of the molecule is CC(CC(=O)Oc1cc(-c2nn(C)c(C(F)(F)F)c2Cl)c(F)cc1[N+](=O)[O-])S(=O)(=O)O. The van der Waals surface area contributed by atoms with Gasteiger partial charge in [-0.05, 0) is 6.92 Å². The number of benzene rings is 1. The number of halogens is 5. The molecule has 1 atom stereocenters. The fourth-order valence-electron chi connectivity index (χ4n) is 2.43. The van der Waals surface area contributed by atoms with Gasteiger partial charge in [0.15, 0.2) is 5.69 Å². The number of hydrogen-bond acceptors (Lipinski definition) is 7. The summed E-state index contributed by atoms with van der Waals surface area (Å²) in [7, 11) is -3.74. The lowest BCUT2D eigenvalue weighted by atomic mass is 10.1. The summed E-state index contributed by atoms with van der Waals surface area (Å²) in [5.74, 6) is -3.63. The van der Waals surface area contributed by atoms with Crippen LogP contribution in [0.3, 0.4) is 0 Å². The van der Waals surface area contributed by atoms with E-state index < -0.39 is 78.1 Å². The van der Waals surface area contributed by atoms with E-state index in [1.54, 1.807) is 0 Å². The molecule has 0 aliphatic heterocycles. The first-order valence-electron chi connectivity index (χ1n) is 7.99. The maximum absolute atomic E-state index is 14.5. The van der Waals surface area contributed by atoms with E-state index in [0.29, 0.717) is 10.7 Å². The van der Waals surface area contributed by atoms with Crippen molar-refractivity contribution in [2.75, 3.05) is 0 Å². The maximum Gasteiger partial charge on any atom is 0.434 e. The Morgan fingerprint density at radius 1 is 1.42 bits per heavy atom. The van der Waals surface area contributed by atoms with Crippen LogP contribution in [0.4, 0.5) is 23.2 Å². The van der Waals surface area contributed by atoms with Crippen LogP contribution in [0.15, 0.2) is 12.1 Å². The largest absolute Gasteiger partial charge is 0.434 e. The number of carbonyl (C=O) groups is 1. The molecule has 16 heteroatoms. The molecule has 1 N–H and O–H groups in total. The fourth-order valence-corrected chi connectivity index (χ4v) is 3.15. The number of alkyl halides is 3. The zero-order valence-electron chi connectivity index (χ0n) is 15.5. The Kier molecular flexibility index (Phi) is 6.63. The molecule has 170 valence electrons. The van der Waals surface area contributed by atoms with Gasteiger partial charge in [0.2, 0.25) is 5.75 Å². The van der Waals surface area contributed by atoms with Gasteiger partial charge < -0.3 is 4.74 Å². The van der Waals surface area contributed by atoms with E-state index in [1.165, 1.54) is 0 Å². The van der Waals surface area contributed by atoms with Gasteiger partial charge in [-0.25, -0.2) is 4.39 Å². The molecule has 0 radical (unpaired) electrons. The second-order valence-electron chi connectivity index (χ2n) is 6.19. The van der Waals surface area contributed by atoms with Crippen molar-refractivity contribution in [1.82, 2.24) is 9.78 Å². The van der Waals surface area contributed by atoms with Crippen molar-refractivity contribution in [3.63, 3.8) is 0 Å². The van der Waals surface area contributed by atoms with E-state index in [9.17, 15) is 40.9 Å². The van der Waals surface area contributed by atoms with Gasteiger partial charge in [-0.3, -0.25) is 24.1 Å². The Labute approximate surface area is 176 Å². The molecule has 1 heterocycles. The molecule has 1 aromatic heterocycles. The van der Waals surface area contributed by atoms with Crippen LogP contribution in [-0.4, -0.2) is 38.9 Å². The summed E-state index contributed by atoms with van der Waals surface area (Å²) in [6, 6.07) is 0.820. The molecule has 0 fully saturated rings. The number of hydrogen-bond donors (Lipinski definition) is 1. The lowest BCUT2D eigenvalue weighted by Gasteiger charge is -2.10. The second-order valence-corrected chi connectivity index (χ2v) is 8.41. The lowest BCUT2D eigenvalue weighted by molar-refractivity contribution is -0.385. The van der Waals surface area contributed by atoms with E-state index in [-0.39, 0.29) is 6.07 Å². The standard InChI is InChI=1S/C15H12ClF4N3O7S/c1-6(31(27,28)29)3-11(24)30-10-4-7(8(17)5-9(10)23(25)26)13-12(16)14(15(18,19)20)22(2)21-13/h4-6H,3H2,1-2H3,(H,27,28,29). The number of ether oxygens (including phenoxy) is 1. The van der Waals surface area contributed by atoms with Gasteiger partial charge in [-0.1, -0.05) is 11.6 Å². The normalized spacial score (nSPS) is 13.2. The Hall–Kier alpha value is -2.78. The number of esters is 1. The summed E-state index contributed by atoms with van der Waals surface area (Å²) >= 11 is 5.69. The number of nitrogens with zero attached hydrogens (tertiary/aromatic N) is 3. The third kappa shape index (κ3) is 5.29. The average molecular weight is 490 g/mol. The molecule has 0 saturated carbocycles. The highest BCUT2D eigenvalue weighted by molar-refractivity contribution is 7.86. The molecule has 1 aromatic carbocycles. The minimum Gasteiger partial charge on any atom is -0.419 e. The highest BCUT2D eigenvalue weighted by atomic mass is 35.5. The van der Waals surface area contributed by atoms with Crippen molar-refractivity contribution in [2.45, 2.75) is 24.8 Å². The first kappa shape index (κ1) is 24.5. The molecule has 0 aliphatic carbocycles. The number of nitro groups is 1. The molecule has 2 aromatic rings. The number of rotatable bonds is 6. The second kappa shape index (κ2) is 8.39. The Bertz CT molecular complexity index is 1160. The van der Waals surface area contributed by atoms with E-state index in [1.807, 2.05) is 0 Å². The number of aryl methyl sites for hydroxylation is 1. The van der Waals surface area contributed by atoms with E-state index >= 15 is 0 Å². The predicted molar refractivity (Wildman–Crippen MR) is 96.5 cm³/mol. The quantitative estimate of drug-likeness (QED) is 0.162. The third-order valence-corrected chi connectivity index (χ3v) is 5.49. The van der Waals surface area contributed by atoms with Gasteiger partial charge in [0, 0.05) is 18.7 Å². The first-order chi connectivity index (χ1) is 14.0. The predicted octanol–water partition coefficient (Wildman–Crippen LogP) is 3.38. The lowest BCUT2D eigenvalue weighted by Crippen LogP contribution is -2.23. The molecule has 1 unspecified atom stereocenters. The van der Waals surface area contributed by atoms with Crippen LogP contribution in [0.1, 0.15) is 19.0 Å². The summed E-state index contributed by atoms with van der Waals surface area (Å²) in [5.41, 5.74) is -3.96. The van der Waals surface area contributed by atoms with E-state index in [4.69, 9.17) is 20.9 Å². The van der Waals surface area contributed by atoms with Crippen LogP contribution in [0.25, 0.3) is 11.3 Å². The first-order valence-corrected chi connectivity index (χ1v) is 9.87. The summed E-state index contributed by atoms with van der Waals surface area (Å²) in [5, 5.41) is 12.0. The van der Waals surface area contributed by atoms with Crippen LogP contribution >= 0.6 is 11.6 Å². The molecule has 31 heavy (non-hydrogen) atoms. The molecule has 0 bridgehead atoms. The van der Waals surface area contributed by atoms with E-state index in [0.717, 1.165) is 14.0 Å². The smallest absolute Gasteiger partial charge is 0.419 e. The molecule has 10 nitrogen and oxygen atoms in total. The summed E-state index contributed by atoms with van der Waals surface area (Å²) in [4.78, 5) is 21.9. The van der Waals surface area contributed by atoms with Crippen molar-refractivity contribution in [3.8, 4) is 17.0 Å². The minimum absolute atomic E-state index is 0.280. The van der Waals surface area contributed by atoms with Crippen molar-refractivity contribution in [1.29, 1.82) is 0 Å². The van der Waals surface area contributed by atoms with Crippen LogP contribution in [-0.2, 0) is 28.1 Å². The van der Waals surface area contributed by atoms with Crippen molar-refractivity contribution < 1.29 is 45.0 Å². The van der Waals surface area contributed by atoms with Crippen LogP contribution in [0.2, 0.25) is 5.02 Å². The highest BCUT2D eigenvalue weighted by Crippen LogP contribution is 2.42. The fraction of sp³-hybridized carbons (Fsp3) is 0.333. The molecule has 2 rings (SSSR count). The number of nitro benzene ring substituents is 1. The minimum atomic E-state index is -4.95. The van der Waals surface area contributed by atoms with Crippen molar-refractivity contribution in [3.05, 3.63) is 38.8 Å². The molecular formula is C15H12ClF4N3O7S.